The van der Waals surface area contributed by atoms with Crippen LogP contribution in [0.2, 0.25) is 0 Å². The smallest absolute Gasteiger partial charge is 0.333 e. The normalized spacial score (nSPS) is 22.1. The van der Waals surface area contributed by atoms with Crippen LogP contribution in [0.4, 0.5) is 5.82 Å². The number of halogens is 1. The third-order valence-corrected chi connectivity index (χ3v) is 8.91. The Balaban J connectivity index is 1.46. The number of ketones is 1. The molecule has 0 amide bonds. The molecule has 0 bridgehead atoms. The van der Waals surface area contributed by atoms with Gasteiger partial charge in [-0.15, -0.1) is 0 Å². The predicted molar refractivity (Wildman–Crippen MR) is 145 cm³/mol. The number of anilines is 1. The number of carbonyl (C=O) groups is 1. The number of nitrogens with two attached hydrogens (primary N) is 1. The molecule has 0 aliphatic heterocycles. The summed E-state index contributed by atoms with van der Waals surface area (Å²) in [6, 6.07) is 8.16. The molecule has 1 unspecified atom stereocenters. The molecule has 1 saturated carbocycles. The van der Waals surface area contributed by atoms with E-state index >= 15 is 0 Å². The fourth-order valence-electron chi connectivity index (χ4n) is 4.27. The number of aliphatic hydroxyl groups excluding tert-OH is 2. The molecule has 1 fully saturated rings. The first-order valence-corrected chi connectivity index (χ1v) is 15.7. The van der Waals surface area contributed by atoms with Crippen molar-refractivity contribution in [2.45, 2.75) is 36.1 Å². The van der Waals surface area contributed by atoms with Gasteiger partial charge in [-0.05, 0) is 30.2 Å². The summed E-state index contributed by atoms with van der Waals surface area (Å²) < 4.78 is 40.7. The predicted octanol–water partition coefficient (Wildman–Crippen LogP) is 0.197. The van der Waals surface area contributed by atoms with E-state index in [9.17, 15) is 27.6 Å². The lowest BCUT2D eigenvalue weighted by Crippen LogP contribution is -2.36. The molecule has 1 aliphatic carbocycles. The van der Waals surface area contributed by atoms with Gasteiger partial charge in [-0.2, -0.15) is 13.5 Å². The fraction of sp³-hybridized carbons (Fsp3) is 0.391. The van der Waals surface area contributed by atoms with E-state index in [2.05, 4.69) is 40.5 Å². The summed E-state index contributed by atoms with van der Waals surface area (Å²) >= 11 is 3.30. The highest BCUT2D eigenvalue weighted by Gasteiger charge is 2.42. The van der Waals surface area contributed by atoms with Gasteiger partial charge < -0.3 is 15.5 Å². The first-order chi connectivity index (χ1) is 18.6. The van der Waals surface area contributed by atoms with Crippen LogP contribution in [0.3, 0.4) is 0 Å². The molecule has 0 radical (unpaired) electrons. The van der Waals surface area contributed by atoms with E-state index in [1.165, 1.54) is 12.5 Å². The van der Waals surface area contributed by atoms with E-state index in [-0.39, 0.29) is 23.5 Å². The molecule has 2 aromatic heterocycles. The van der Waals surface area contributed by atoms with Gasteiger partial charge in [-0.25, -0.2) is 15.1 Å². The first kappa shape index (κ1) is 29.4. The summed E-state index contributed by atoms with van der Waals surface area (Å²) in [5.74, 6) is -0.565. The van der Waals surface area contributed by atoms with Crippen molar-refractivity contribution < 1.29 is 31.8 Å². The number of aromatic nitrogens is 4. The van der Waals surface area contributed by atoms with E-state index in [4.69, 9.17) is 5.14 Å². The van der Waals surface area contributed by atoms with E-state index in [0.29, 0.717) is 22.5 Å². The van der Waals surface area contributed by atoms with E-state index in [0.717, 1.165) is 5.56 Å². The SMILES string of the molecule is NS(=O)(=O)OC[C@H]1C[C@@H](Nc2ncncc2C(=O)c2ccn(Cc3cccc(S(=O)CCBr)c3)n2)[C@H](O)[C@@H]1O. The number of nitrogens with zero attached hydrogens (tertiary/aromatic N) is 4. The average Bonchev–Trinajstić information content (AvgIpc) is 3.47. The van der Waals surface area contributed by atoms with Crippen LogP contribution in [-0.4, -0.2) is 84.3 Å². The highest BCUT2D eigenvalue weighted by molar-refractivity contribution is 9.09. The molecule has 2 heterocycles. The van der Waals surface area contributed by atoms with Crippen LogP contribution in [0.25, 0.3) is 0 Å². The van der Waals surface area contributed by atoms with E-state index in [1.807, 2.05) is 18.2 Å². The number of hydrogen-bond donors (Lipinski definition) is 4. The van der Waals surface area contributed by atoms with Crippen molar-refractivity contribution in [3.8, 4) is 0 Å². The standard InChI is InChI=1S/C23H27BrN6O7S2/c24-5-7-38(34)16-3-1-2-14(8-16)11-30-6-4-18(29-30)21(32)17-10-26-13-27-23(17)28-19-9-15(20(31)22(19)33)12-37-39(25,35)36/h1-4,6,8,10,13,15,19-20,22,31,33H,5,7,9,11-12H2,(H2,25,35,36)(H,26,27,28)/t15-,19-,20-,22+,38?/m1/s1. The minimum absolute atomic E-state index is 0.0980. The third-order valence-electron chi connectivity index (χ3n) is 6.17. The Labute approximate surface area is 235 Å². The lowest BCUT2D eigenvalue weighted by Gasteiger charge is -2.19. The second kappa shape index (κ2) is 12.7. The molecule has 1 aliphatic rings. The van der Waals surface area contributed by atoms with E-state index in [1.54, 1.807) is 23.0 Å². The maximum Gasteiger partial charge on any atom is 0.333 e. The highest BCUT2D eigenvalue weighted by Crippen LogP contribution is 2.30. The van der Waals surface area contributed by atoms with Crippen molar-refractivity contribution in [1.82, 2.24) is 19.7 Å². The van der Waals surface area contributed by atoms with Crippen molar-refractivity contribution in [2.75, 3.05) is 23.0 Å². The topological polar surface area (TPSA) is 200 Å². The van der Waals surface area contributed by atoms with Crippen LogP contribution in [0, 0.1) is 5.92 Å². The molecule has 0 spiro atoms. The van der Waals surface area contributed by atoms with Crippen LogP contribution in [0.1, 0.15) is 28.0 Å². The Morgan fingerprint density at radius 2 is 2.08 bits per heavy atom. The molecule has 3 aromatic rings. The van der Waals surface area contributed by atoms with Crippen LogP contribution in [0.15, 0.2) is 53.9 Å². The zero-order chi connectivity index (χ0) is 28.2. The minimum Gasteiger partial charge on any atom is -0.390 e. The molecular weight excluding hydrogens is 616 g/mol. The summed E-state index contributed by atoms with van der Waals surface area (Å²) in [7, 11) is -5.33. The summed E-state index contributed by atoms with van der Waals surface area (Å²) in [5, 5.41) is 33.6. The zero-order valence-electron chi connectivity index (χ0n) is 20.5. The summed E-state index contributed by atoms with van der Waals surface area (Å²) in [6.07, 6.45) is 1.76. The van der Waals surface area contributed by atoms with Gasteiger partial charge in [-0.1, -0.05) is 28.1 Å². The lowest BCUT2D eigenvalue weighted by molar-refractivity contribution is 0.00778. The Hall–Kier alpha value is -2.60. The molecule has 16 heteroatoms. The Morgan fingerprint density at radius 3 is 2.82 bits per heavy atom. The fourth-order valence-corrected chi connectivity index (χ4v) is 6.41. The maximum absolute atomic E-state index is 13.3. The molecule has 0 saturated heterocycles. The Morgan fingerprint density at radius 1 is 1.28 bits per heavy atom. The van der Waals surface area contributed by atoms with Gasteiger partial charge in [0.25, 0.3) is 0 Å². The van der Waals surface area contributed by atoms with E-state index < -0.39 is 57.7 Å². The van der Waals surface area contributed by atoms with Crippen LogP contribution < -0.4 is 10.5 Å². The molecule has 5 atom stereocenters. The number of rotatable bonds is 12. The number of carbonyl (C=O) groups excluding carboxylic acids is 1. The van der Waals surface area contributed by atoms with Gasteiger partial charge >= 0.3 is 10.3 Å². The minimum atomic E-state index is -4.21. The summed E-state index contributed by atoms with van der Waals surface area (Å²) in [4.78, 5) is 22.1. The van der Waals surface area contributed by atoms with Crippen molar-refractivity contribution >= 4 is 48.6 Å². The molecular formula is C23H27BrN6O7S2. The summed E-state index contributed by atoms with van der Waals surface area (Å²) in [5.41, 5.74) is 1.11. The van der Waals surface area contributed by atoms with Crippen LogP contribution >= 0.6 is 15.9 Å². The quantitative estimate of drug-likeness (QED) is 0.155. The summed E-state index contributed by atoms with van der Waals surface area (Å²) in [6.45, 7) is -0.0469. The van der Waals surface area contributed by atoms with Crippen molar-refractivity contribution in [2.24, 2.45) is 11.1 Å². The highest BCUT2D eigenvalue weighted by atomic mass is 79.9. The van der Waals surface area contributed by atoms with Crippen molar-refractivity contribution in [3.63, 3.8) is 0 Å². The number of aliphatic hydroxyl groups is 2. The third kappa shape index (κ3) is 7.53. The van der Waals surface area contributed by atoms with Gasteiger partial charge in [0.05, 0.1) is 41.7 Å². The number of nitrogens with one attached hydrogen (secondary N) is 1. The second-order valence-electron chi connectivity index (χ2n) is 8.90. The number of benzene rings is 1. The molecule has 4 rings (SSSR count). The molecule has 210 valence electrons. The zero-order valence-corrected chi connectivity index (χ0v) is 23.7. The Kier molecular flexibility index (Phi) is 9.58. The van der Waals surface area contributed by atoms with Crippen LogP contribution in [-0.2, 0) is 31.8 Å². The average molecular weight is 644 g/mol. The van der Waals surface area contributed by atoms with Gasteiger partial charge in [0.15, 0.2) is 0 Å². The number of hydrogen-bond acceptors (Lipinski definition) is 11. The van der Waals surface area contributed by atoms with Gasteiger partial charge in [0.1, 0.15) is 23.9 Å². The largest absolute Gasteiger partial charge is 0.390 e. The van der Waals surface area contributed by atoms with Gasteiger partial charge in [0, 0.05) is 34.3 Å². The number of alkyl halides is 1. The van der Waals surface area contributed by atoms with Crippen molar-refractivity contribution in [3.05, 3.63) is 65.9 Å². The first-order valence-electron chi connectivity index (χ1n) is 11.8. The molecule has 39 heavy (non-hydrogen) atoms. The molecule has 5 N–H and O–H groups in total. The van der Waals surface area contributed by atoms with Crippen molar-refractivity contribution in [1.29, 1.82) is 0 Å². The lowest BCUT2D eigenvalue weighted by atomic mass is 10.1. The van der Waals surface area contributed by atoms with Gasteiger partial charge in [-0.3, -0.25) is 17.9 Å². The molecule has 1 aromatic carbocycles. The van der Waals surface area contributed by atoms with Gasteiger partial charge in [0.2, 0.25) is 5.78 Å². The Bertz CT molecular complexity index is 1450. The van der Waals surface area contributed by atoms with Crippen LogP contribution in [0.5, 0.6) is 0 Å². The molecule has 13 nitrogen and oxygen atoms in total. The monoisotopic (exact) mass is 642 g/mol. The maximum atomic E-state index is 13.3. The second-order valence-corrected chi connectivity index (χ2v) is 12.5.